The van der Waals surface area contributed by atoms with E-state index in [1.165, 1.54) is 19.3 Å². The highest BCUT2D eigenvalue weighted by molar-refractivity contribution is 5.83. The summed E-state index contributed by atoms with van der Waals surface area (Å²) in [7, 11) is 0. The molecule has 0 aromatic rings. The Morgan fingerprint density at radius 3 is 2.25 bits per heavy atom. The Balaban J connectivity index is 4.05. The van der Waals surface area contributed by atoms with Gasteiger partial charge >= 0.3 is 0 Å². The van der Waals surface area contributed by atoms with Gasteiger partial charge in [-0.05, 0) is 19.3 Å². The van der Waals surface area contributed by atoms with Gasteiger partial charge in [-0.2, -0.15) is 0 Å². The van der Waals surface area contributed by atoms with Crippen molar-refractivity contribution in [1.82, 2.24) is 0 Å². The van der Waals surface area contributed by atoms with Crippen molar-refractivity contribution >= 4 is 5.78 Å². The summed E-state index contributed by atoms with van der Waals surface area (Å²) in [6, 6.07) is 0. The van der Waals surface area contributed by atoms with Gasteiger partial charge in [-0.3, -0.25) is 4.79 Å². The van der Waals surface area contributed by atoms with Gasteiger partial charge in [-0.25, -0.2) is 0 Å². The number of carbonyl (C=O) groups is 1. The monoisotopic (exact) mass is 228 g/mol. The van der Waals surface area contributed by atoms with Gasteiger partial charge in [0.25, 0.3) is 0 Å². The largest absolute Gasteiger partial charge is 0.371 e. The Hall–Kier alpha value is -0.370. The van der Waals surface area contributed by atoms with Crippen LogP contribution < -0.4 is 0 Å². The van der Waals surface area contributed by atoms with Crippen LogP contribution in [-0.2, 0) is 9.53 Å². The third-order valence-corrected chi connectivity index (χ3v) is 3.13. The molecule has 0 aliphatic carbocycles. The van der Waals surface area contributed by atoms with Crippen LogP contribution in [0.3, 0.4) is 0 Å². The molecule has 96 valence electrons. The zero-order valence-corrected chi connectivity index (χ0v) is 11.4. The molecule has 2 atom stereocenters. The highest BCUT2D eigenvalue weighted by Gasteiger charge is 2.19. The summed E-state index contributed by atoms with van der Waals surface area (Å²) in [5.41, 5.74) is 0. The van der Waals surface area contributed by atoms with Gasteiger partial charge in [-0.15, -0.1) is 0 Å². The fourth-order valence-electron chi connectivity index (χ4n) is 2.00. The Morgan fingerprint density at radius 1 is 1.12 bits per heavy atom. The predicted molar refractivity (Wildman–Crippen MR) is 68.6 cm³/mol. The Bertz CT molecular complexity index is 178. The van der Waals surface area contributed by atoms with Crippen molar-refractivity contribution in [2.75, 3.05) is 6.61 Å². The quantitative estimate of drug-likeness (QED) is 0.565. The molecule has 0 bridgehead atoms. The van der Waals surface area contributed by atoms with Gasteiger partial charge in [0.15, 0.2) is 5.78 Å². The van der Waals surface area contributed by atoms with E-state index < -0.39 is 0 Å². The summed E-state index contributed by atoms with van der Waals surface area (Å²) < 4.78 is 5.45. The smallest absolute Gasteiger partial charge is 0.161 e. The summed E-state index contributed by atoms with van der Waals surface area (Å²) in [6.07, 6.45) is 6.08. The molecule has 2 nitrogen and oxygen atoms in total. The maximum Gasteiger partial charge on any atom is 0.161 e. The molecule has 0 saturated carbocycles. The summed E-state index contributed by atoms with van der Waals surface area (Å²) in [4.78, 5) is 12.0. The minimum absolute atomic E-state index is 0.166. The number of Topliss-reactive ketones (excluding diaryl/α,β-unsaturated/α-hetero) is 1. The van der Waals surface area contributed by atoms with Crippen LogP contribution in [0.2, 0.25) is 0 Å². The molecule has 0 spiro atoms. The van der Waals surface area contributed by atoms with E-state index in [0.29, 0.717) is 24.7 Å². The lowest BCUT2D eigenvalue weighted by molar-refractivity contribution is -0.131. The lowest BCUT2D eigenvalue weighted by Crippen LogP contribution is -2.25. The normalized spacial score (nSPS) is 14.8. The van der Waals surface area contributed by atoms with Crippen molar-refractivity contribution in [3.05, 3.63) is 0 Å². The zero-order valence-electron chi connectivity index (χ0n) is 11.4. The first-order chi connectivity index (χ1) is 7.69. The molecule has 16 heavy (non-hydrogen) atoms. The average molecular weight is 228 g/mol. The third-order valence-electron chi connectivity index (χ3n) is 3.13. The molecule has 2 unspecified atom stereocenters. The van der Waals surface area contributed by atoms with Crippen molar-refractivity contribution in [3.8, 4) is 0 Å². The zero-order chi connectivity index (χ0) is 12.4. The summed E-state index contributed by atoms with van der Waals surface area (Å²) in [5, 5.41) is 0. The van der Waals surface area contributed by atoms with Crippen LogP contribution >= 0.6 is 0 Å². The van der Waals surface area contributed by atoms with Gasteiger partial charge in [0.05, 0.1) is 0 Å². The number of unbranched alkanes of at least 4 members (excludes halogenated alkanes) is 1. The van der Waals surface area contributed by atoms with E-state index in [9.17, 15) is 4.79 Å². The highest BCUT2D eigenvalue weighted by atomic mass is 16.5. The third kappa shape index (κ3) is 6.26. The number of ketones is 1. The van der Waals surface area contributed by atoms with Gasteiger partial charge in [-0.1, -0.05) is 46.5 Å². The lowest BCUT2D eigenvalue weighted by atomic mass is 9.92. The van der Waals surface area contributed by atoms with Crippen LogP contribution in [0.5, 0.6) is 0 Å². The second kappa shape index (κ2) is 9.83. The van der Waals surface area contributed by atoms with Gasteiger partial charge in [0.1, 0.15) is 6.10 Å². The molecule has 0 rings (SSSR count). The van der Waals surface area contributed by atoms with Crippen LogP contribution in [0.4, 0.5) is 0 Å². The van der Waals surface area contributed by atoms with Crippen LogP contribution in [-0.4, -0.2) is 18.5 Å². The molecule has 0 aromatic carbocycles. The van der Waals surface area contributed by atoms with E-state index in [4.69, 9.17) is 4.74 Å². The summed E-state index contributed by atoms with van der Waals surface area (Å²) in [6.45, 7) is 8.98. The molecule has 0 aromatic heterocycles. The van der Waals surface area contributed by atoms with E-state index in [0.717, 1.165) is 12.8 Å². The van der Waals surface area contributed by atoms with Crippen LogP contribution in [0.25, 0.3) is 0 Å². The lowest BCUT2D eigenvalue weighted by Gasteiger charge is -2.18. The summed E-state index contributed by atoms with van der Waals surface area (Å²) in [5.74, 6) is 0.856. The summed E-state index contributed by atoms with van der Waals surface area (Å²) >= 11 is 0. The molecule has 0 fully saturated rings. The fraction of sp³-hybridized carbons (Fsp3) is 0.929. The molecule has 0 amide bonds. The number of carbonyl (C=O) groups excluding carboxylic acids is 1. The first kappa shape index (κ1) is 15.6. The predicted octanol–water partition coefficient (Wildman–Crippen LogP) is 3.98. The molecular weight excluding hydrogens is 200 g/mol. The Labute approximate surface area is 101 Å². The van der Waals surface area contributed by atoms with Crippen molar-refractivity contribution in [3.63, 3.8) is 0 Å². The highest BCUT2D eigenvalue weighted by Crippen LogP contribution is 2.19. The molecule has 0 saturated heterocycles. The molecule has 0 aliphatic rings. The van der Waals surface area contributed by atoms with E-state index in [1.54, 1.807) is 0 Å². The van der Waals surface area contributed by atoms with Gasteiger partial charge in [0.2, 0.25) is 0 Å². The average Bonchev–Trinajstić information content (AvgIpc) is 2.30. The number of hydrogen-bond donors (Lipinski definition) is 0. The van der Waals surface area contributed by atoms with E-state index in [1.807, 2.05) is 13.8 Å². The van der Waals surface area contributed by atoms with E-state index in [2.05, 4.69) is 13.8 Å². The number of rotatable bonds is 10. The minimum Gasteiger partial charge on any atom is -0.371 e. The SMILES string of the molecule is CCCCC(CC)CC(=O)C(CC)OCC. The van der Waals surface area contributed by atoms with Crippen molar-refractivity contribution in [2.24, 2.45) is 5.92 Å². The van der Waals surface area contributed by atoms with Crippen LogP contribution in [0, 0.1) is 5.92 Å². The van der Waals surface area contributed by atoms with E-state index >= 15 is 0 Å². The fourth-order valence-corrected chi connectivity index (χ4v) is 2.00. The van der Waals surface area contributed by atoms with E-state index in [-0.39, 0.29) is 6.10 Å². The molecule has 0 aliphatic heterocycles. The van der Waals surface area contributed by atoms with Crippen LogP contribution in [0.15, 0.2) is 0 Å². The van der Waals surface area contributed by atoms with Crippen LogP contribution in [0.1, 0.15) is 66.2 Å². The Morgan fingerprint density at radius 2 is 1.81 bits per heavy atom. The molecule has 0 radical (unpaired) electrons. The maximum atomic E-state index is 12.0. The second-order valence-corrected chi connectivity index (χ2v) is 4.44. The van der Waals surface area contributed by atoms with Crippen molar-refractivity contribution in [1.29, 1.82) is 0 Å². The number of hydrogen-bond acceptors (Lipinski definition) is 2. The standard InChI is InChI=1S/C14H28O2/c1-5-9-10-12(6-2)11-13(15)14(7-3)16-8-4/h12,14H,5-11H2,1-4H3. The van der Waals surface area contributed by atoms with Gasteiger partial charge < -0.3 is 4.74 Å². The first-order valence-electron chi connectivity index (χ1n) is 6.83. The molecule has 0 heterocycles. The topological polar surface area (TPSA) is 26.3 Å². The minimum atomic E-state index is -0.166. The maximum absolute atomic E-state index is 12.0. The van der Waals surface area contributed by atoms with Gasteiger partial charge in [0, 0.05) is 13.0 Å². The second-order valence-electron chi connectivity index (χ2n) is 4.44. The number of ether oxygens (including phenoxy) is 1. The van der Waals surface area contributed by atoms with Crippen molar-refractivity contribution in [2.45, 2.75) is 72.3 Å². The molecular formula is C14H28O2. The molecule has 2 heteroatoms. The van der Waals surface area contributed by atoms with Crippen molar-refractivity contribution < 1.29 is 9.53 Å². The molecule has 0 N–H and O–H groups in total. The Kier molecular flexibility index (Phi) is 9.60. The first-order valence-corrected chi connectivity index (χ1v) is 6.83.